The van der Waals surface area contributed by atoms with Crippen LogP contribution in [0.1, 0.15) is 22.3 Å². The number of carbonyl (C=O) groups excluding carboxylic acids is 2. The molecule has 0 aromatic heterocycles. The Morgan fingerprint density at radius 2 is 1.90 bits per heavy atom. The molecule has 1 aromatic rings. The van der Waals surface area contributed by atoms with E-state index >= 15 is 0 Å². The number of nitrogens with one attached hydrogen (secondary N) is 2. The Morgan fingerprint density at radius 3 is 2.67 bits per heavy atom. The maximum atomic E-state index is 12.8. The lowest BCUT2D eigenvalue weighted by atomic mass is 10.1. The number of ether oxygens (including phenoxy) is 1. The SMILES string of the molecule is CN1CCCN(Cc2ccc(C(=O)NCCN)cc2NC(=O)N2CCOCC2)CC1. The van der Waals surface area contributed by atoms with Crippen molar-refractivity contribution >= 4 is 17.6 Å². The second-order valence-electron chi connectivity index (χ2n) is 7.88. The third-order valence-corrected chi connectivity index (χ3v) is 5.55. The molecule has 2 heterocycles. The topological polar surface area (TPSA) is 103 Å². The molecular weight excluding hydrogens is 384 g/mol. The largest absolute Gasteiger partial charge is 0.378 e. The number of hydrogen-bond acceptors (Lipinski definition) is 6. The van der Waals surface area contributed by atoms with Crippen LogP contribution >= 0.6 is 0 Å². The third kappa shape index (κ3) is 6.40. The number of rotatable bonds is 6. The van der Waals surface area contributed by atoms with Crippen molar-refractivity contribution in [2.45, 2.75) is 13.0 Å². The van der Waals surface area contributed by atoms with Crippen LogP contribution in [0.2, 0.25) is 0 Å². The predicted molar refractivity (Wildman–Crippen MR) is 117 cm³/mol. The quantitative estimate of drug-likeness (QED) is 0.617. The van der Waals surface area contributed by atoms with E-state index in [9.17, 15) is 9.59 Å². The summed E-state index contributed by atoms with van der Waals surface area (Å²) >= 11 is 0. The van der Waals surface area contributed by atoms with Crippen molar-refractivity contribution in [3.63, 3.8) is 0 Å². The van der Waals surface area contributed by atoms with Crippen molar-refractivity contribution < 1.29 is 14.3 Å². The van der Waals surface area contributed by atoms with Gasteiger partial charge >= 0.3 is 6.03 Å². The van der Waals surface area contributed by atoms with Gasteiger partial charge in [-0.2, -0.15) is 0 Å². The van der Waals surface area contributed by atoms with E-state index in [0.29, 0.717) is 50.6 Å². The number of carbonyl (C=O) groups is 2. The standard InChI is InChI=1S/C21H34N6O3/c1-25-7-2-8-26(10-9-25)16-18-4-3-17(20(28)23-6-5-22)15-19(18)24-21(29)27-11-13-30-14-12-27/h3-4,15H,2,5-14,16,22H2,1H3,(H,23,28)(H,24,29). The number of morpholine rings is 1. The minimum Gasteiger partial charge on any atom is -0.378 e. The summed E-state index contributed by atoms with van der Waals surface area (Å²) in [5.41, 5.74) is 7.70. The number of hydrogen-bond donors (Lipinski definition) is 3. The molecule has 3 amide bonds. The lowest BCUT2D eigenvalue weighted by Crippen LogP contribution is -2.43. The molecular formula is C21H34N6O3. The summed E-state index contributed by atoms with van der Waals surface area (Å²) in [6.45, 7) is 7.86. The van der Waals surface area contributed by atoms with E-state index in [-0.39, 0.29) is 11.9 Å². The number of benzene rings is 1. The highest BCUT2D eigenvalue weighted by atomic mass is 16.5. The van der Waals surface area contributed by atoms with Crippen LogP contribution in [-0.4, -0.2) is 99.3 Å². The smallest absolute Gasteiger partial charge is 0.322 e. The molecule has 0 atom stereocenters. The molecule has 1 aromatic carbocycles. The van der Waals surface area contributed by atoms with Gasteiger partial charge in [0.2, 0.25) is 0 Å². The fourth-order valence-electron chi connectivity index (χ4n) is 3.72. The van der Waals surface area contributed by atoms with Crippen molar-refractivity contribution in [2.75, 3.05) is 77.9 Å². The molecule has 0 radical (unpaired) electrons. The molecule has 9 nitrogen and oxygen atoms in total. The minimum absolute atomic E-state index is 0.158. The van der Waals surface area contributed by atoms with Crippen molar-refractivity contribution in [2.24, 2.45) is 5.73 Å². The van der Waals surface area contributed by atoms with Crippen LogP contribution in [0.5, 0.6) is 0 Å². The van der Waals surface area contributed by atoms with Gasteiger partial charge < -0.3 is 30.9 Å². The maximum absolute atomic E-state index is 12.8. The average Bonchev–Trinajstić information content (AvgIpc) is 2.97. The van der Waals surface area contributed by atoms with Crippen molar-refractivity contribution in [3.05, 3.63) is 29.3 Å². The number of likely N-dealkylation sites (N-methyl/N-ethyl adjacent to an activating group) is 1. The van der Waals surface area contributed by atoms with E-state index in [1.54, 1.807) is 11.0 Å². The first-order valence-corrected chi connectivity index (χ1v) is 10.7. The van der Waals surface area contributed by atoms with Gasteiger partial charge in [-0.05, 0) is 44.3 Å². The summed E-state index contributed by atoms with van der Waals surface area (Å²) in [6.07, 6.45) is 1.12. The van der Waals surface area contributed by atoms with Gasteiger partial charge in [-0.1, -0.05) is 6.07 Å². The average molecular weight is 419 g/mol. The summed E-state index contributed by atoms with van der Waals surface area (Å²) in [5, 5.41) is 5.82. The summed E-state index contributed by atoms with van der Waals surface area (Å²) in [5.74, 6) is -0.190. The Bertz CT molecular complexity index is 723. The van der Waals surface area contributed by atoms with E-state index in [2.05, 4.69) is 27.5 Å². The normalized spacial score (nSPS) is 18.7. The Hall–Kier alpha value is -2.20. The molecule has 2 aliphatic heterocycles. The van der Waals surface area contributed by atoms with Gasteiger partial charge in [-0.3, -0.25) is 9.69 Å². The van der Waals surface area contributed by atoms with Crippen LogP contribution < -0.4 is 16.4 Å². The van der Waals surface area contributed by atoms with Gasteiger partial charge in [0.25, 0.3) is 5.91 Å². The lowest BCUT2D eigenvalue weighted by molar-refractivity contribution is 0.0564. The maximum Gasteiger partial charge on any atom is 0.322 e. The molecule has 166 valence electrons. The van der Waals surface area contributed by atoms with E-state index in [4.69, 9.17) is 10.5 Å². The van der Waals surface area contributed by atoms with E-state index in [1.165, 1.54) is 0 Å². The summed E-state index contributed by atoms with van der Waals surface area (Å²) < 4.78 is 5.34. The van der Waals surface area contributed by atoms with Crippen LogP contribution in [0.3, 0.4) is 0 Å². The first-order valence-electron chi connectivity index (χ1n) is 10.7. The summed E-state index contributed by atoms with van der Waals surface area (Å²) in [6, 6.07) is 5.37. The first-order chi connectivity index (χ1) is 14.6. The lowest BCUT2D eigenvalue weighted by Gasteiger charge is -2.28. The fraction of sp³-hybridized carbons (Fsp3) is 0.619. The Morgan fingerprint density at radius 1 is 1.10 bits per heavy atom. The van der Waals surface area contributed by atoms with Crippen LogP contribution in [0.4, 0.5) is 10.5 Å². The van der Waals surface area contributed by atoms with Crippen molar-refractivity contribution in [3.8, 4) is 0 Å². The molecule has 2 fully saturated rings. The number of anilines is 1. The van der Waals surface area contributed by atoms with Crippen molar-refractivity contribution in [1.82, 2.24) is 20.0 Å². The zero-order chi connectivity index (χ0) is 21.3. The van der Waals surface area contributed by atoms with Gasteiger partial charge in [-0.25, -0.2) is 4.79 Å². The minimum atomic E-state index is -0.190. The van der Waals surface area contributed by atoms with E-state index < -0.39 is 0 Å². The number of nitrogens with two attached hydrogens (primary N) is 1. The molecule has 0 bridgehead atoms. The van der Waals surface area contributed by atoms with Gasteiger partial charge in [0.05, 0.1) is 13.2 Å². The molecule has 2 saturated heterocycles. The monoisotopic (exact) mass is 418 g/mol. The predicted octanol–water partition coefficient (Wildman–Crippen LogP) is 0.377. The molecule has 0 aliphatic carbocycles. The highest BCUT2D eigenvalue weighted by molar-refractivity contribution is 5.97. The molecule has 4 N–H and O–H groups in total. The summed E-state index contributed by atoms with van der Waals surface area (Å²) in [4.78, 5) is 31.7. The zero-order valence-electron chi connectivity index (χ0n) is 17.9. The second-order valence-corrected chi connectivity index (χ2v) is 7.88. The number of amides is 3. The Labute approximate surface area is 178 Å². The number of urea groups is 1. The first kappa shape index (κ1) is 22.5. The molecule has 2 aliphatic rings. The van der Waals surface area contributed by atoms with E-state index in [0.717, 1.165) is 44.7 Å². The van der Waals surface area contributed by atoms with Crippen molar-refractivity contribution in [1.29, 1.82) is 0 Å². The highest BCUT2D eigenvalue weighted by Gasteiger charge is 2.20. The summed E-state index contributed by atoms with van der Waals surface area (Å²) in [7, 11) is 2.15. The highest BCUT2D eigenvalue weighted by Crippen LogP contribution is 2.22. The molecule has 9 heteroatoms. The van der Waals surface area contributed by atoms with Crippen LogP contribution in [0.25, 0.3) is 0 Å². The zero-order valence-corrected chi connectivity index (χ0v) is 17.9. The van der Waals surface area contributed by atoms with Gasteiger partial charge in [0.1, 0.15) is 0 Å². The Balaban J connectivity index is 1.77. The fourth-order valence-corrected chi connectivity index (χ4v) is 3.72. The van der Waals surface area contributed by atoms with Gasteiger partial charge in [0, 0.05) is 57.1 Å². The molecule has 0 spiro atoms. The van der Waals surface area contributed by atoms with Crippen LogP contribution in [-0.2, 0) is 11.3 Å². The molecule has 0 saturated carbocycles. The van der Waals surface area contributed by atoms with Gasteiger partial charge in [0.15, 0.2) is 0 Å². The molecule has 3 rings (SSSR count). The van der Waals surface area contributed by atoms with E-state index in [1.807, 2.05) is 12.1 Å². The second kappa shape index (κ2) is 11.3. The molecule has 0 unspecified atom stereocenters. The third-order valence-electron chi connectivity index (χ3n) is 5.55. The number of nitrogens with zero attached hydrogens (tertiary/aromatic N) is 3. The Kier molecular flexibility index (Phi) is 8.44. The van der Waals surface area contributed by atoms with Crippen LogP contribution in [0.15, 0.2) is 18.2 Å². The molecule has 30 heavy (non-hydrogen) atoms. The van der Waals surface area contributed by atoms with Crippen LogP contribution in [0, 0.1) is 0 Å². The van der Waals surface area contributed by atoms with Gasteiger partial charge in [-0.15, -0.1) is 0 Å².